The Labute approximate surface area is 137 Å². The Morgan fingerprint density at radius 2 is 2.13 bits per heavy atom. The van der Waals surface area contributed by atoms with Crippen LogP contribution in [0.4, 0.5) is 5.13 Å². The topological polar surface area (TPSA) is 88.5 Å². The molecule has 1 amide bonds. The number of carboxylic acid groups (broad SMARTS) is 1. The van der Waals surface area contributed by atoms with Gasteiger partial charge in [-0.2, -0.15) is 0 Å². The Hall–Kier alpha value is -2.41. The minimum absolute atomic E-state index is 0.114. The van der Waals surface area contributed by atoms with Crippen molar-refractivity contribution in [1.29, 1.82) is 0 Å². The summed E-state index contributed by atoms with van der Waals surface area (Å²) in [6.07, 6.45) is 2.24. The average molecular weight is 332 g/mol. The fraction of sp³-hybridized carbons (Fsp3) is 0.312. The van der Waals surface area contributed by atoms with E-state index in [1.165, 1.54) is 11.3 Å². The molecule has 0 bridgehead atoms. The summed E-state index contributed by atoms with van der Waals surface area (Å²) < 4.78 is 5.37. The van der Waals surface area contributed by atoms with Crippen LogP contribution >= 0.6 is 11.3 Å². The van der Waals surface area contributed by atoms with Crippen LogP contribution in [0.3, 0.4) is 0 Å². The Morgan fingerprint density at radius 1 is 1.35 bits per heavy atom. The molecule has 3 rings (SSSR count). The Morgan fingerprint density at radius 3 is 2.87 bits per heavy atom. The monoisotopic (exact) mass is 332 g/mol. The SMILES string of the molecule is O=C(COc1ccccc1)Nc1nc2c(s1)CCCC2C(=O)O. The third kappa shape index (κ3) is 3.68. The molecular weight excluding hydrogens is 316 g/mol. The molecule has 1 heterocycles. The predicted octanol–water partition coefficient (Wildman–Crippen LogP) is 2.67. The third-order valence-corrected chi connectivity index (χ3v) is 4.66. The summed E-state index contributed by atoms with van der Waals surface area (Å²) in [5, 5.41) is 12.4. The molecule has 1 aromatic carbocycles. The summed E-state index contributed by atoms with van der Waals surface area (Å²) in [4.78, 5) is 28.4. The van der Waals surface area contributed by atoms with Gasteiger partial charge in [-0.15, -0.1) is 11.3 Å². The fourth-order valence-electron chi connectivity index (χ4n) is 2.53. The first-order chi connectivity index (χ1) is 11.1. The van der Waals surface area contributed by atoms with Gasteiger partial charge in [-0.25, -0.2) is 4.98 Å². The van der Waals surface area contributed by atoms with Crippen LogP contribution in [0.1, 0.15) is 29.3 Å². The number of hydrogen-bond donors (Lipinski definition) is 2. The van der Waals surface area contributed by atoms with Gasteiger partial charge in [0.15, 0.2) is 11.7 Å². The van der Waals surface area contributed by atoms with E-state index in [-0.39, 0.29) is 12.5 Å². The van der Waals surface area contributed by atoms with Gasteiger partial charge in [0, 0.05) is 4.88 Å². The number of ether oxygens (including phenoxy) is 1. The molecule has 1 aliphatic rings. The highest BCUT2D eigenvalue weighted by atomic mass is 32.1. The average Bonchev–Trinajstić information content (AvgIpc) is 2.95. The van der Waals surface area contributed by atoms with E-state index >= 15 is 0 Å². The van der Waals surface area contributed by atoms with E-state index in [9.17, 15) is 14.7 Å². The Kier molecular flexibility index (Phi) is 4.57. The van der Waals surface area contributed by atoms with Gasteiger partial charge < -0.3 is 9.84 Å². The molecule has 1 unspecified atom stereocenters. The lowest BCUT2D eigenvalue weighted by atomic mass is 9.91. The van der Waals surface area contributed by atoms with Crippen molar-refractivity contribution in [3.05, 3.63) is 40.9 Å². The quantitative estimate of drug-likeness (QED) is 0.879. The molecule has 1 aliphatic carbocycles. The first kappa shape index (κ1) is 15.5. The first-order valence-electron chi connectivity index (χ1n) is 7.33. The first-order valence-corrected chi connectivity index (χ1v) is 8.15. The van der Waals surface area contributed by atoms with Gasteiger partial charge in [-0.05, 0) is 31.4 Å². The van der Waals surface area contributed by atoms with Crippen molar-refractivity contribution in [2.24, 2.45) is 0 Å². The van der Waals surface area contributed by atoms with Crippen LogP contribution in [-0.4, -0.2) is 28.6 Å². The molecule has 6 nitrogen and oxygen atoms in total. The number of carbonyl (C=O) groups is 2. The van der Waals surface area contributed by atoms with Crippen molar-refractivity contribution >= 4 is 28.3 Å². The predicted molar refractivity (Wildman–Crippen MR) is 86.0 cm³/mol. The van der Waals surface area contributed by atoms with Crippen molar-refractivity contribution < 1.29 is 19.4 Å². The van der Waals surface area contributed by atoms with Crippen molar-refractivity contribution in [3.63, 3.8) is 0 Å². The number of aryl methyl sites for hydroxylation is 1. The van der Waals surface area contributed by atoms with E-state index in [1.807, 2.05) is 18.2 Å². The summed E-state index contributed by atoms with van der Waals surface area (Å²) in [5.41, 5.74) is 0.591. The highest BCUT2D eigenvalue weighted by Gasteiger charge is 2.30. The highest BCUT2D eigenvalue weighted by Crippen LogP contribution is 2.36. The fourth-order valence-corrected chi connectivity index (χ4v) is 3.61. The molecule has 0 aliphatic heterocycles. The van der Waals surface area contributed by atoms with Gasteiger partial charge >= 0.3 is 5.97 Å². The standard InChI is InChI=1S/C16H16N2O4S/c19-13(9-22-10-5-2-1-3-6-10)17-16-18-14-11(15(20)21)7-4-8-12(14)23-16/h1-3,5-6,11H,4,7-9H2,(H,20,21)(H,17,18,19). The number of nitrogens with one attached hydrogen (secondary N) is 1. The number of nitrogens with zero attached hydrogens (tertiary/aromatic N) is 1. The summed E-state index contributed by atoms with van der Waals surface area (Å²) in [6.45, 7) is -0.114. The molecule has 2 aromatic rings. The Balaban J connectivity index is 1.62. The minimum Gasteiger partial charge on any atom is -0.484 e. The number of anilines is 1. The number of amides is 1. The van der Waals surface area contributed by atoms with Crippen LogP contribution in [0.25, 0.3) is 0 Å². The second kappa shape index (κ2) is 6.78. The molecular formula is C16H16N2O4S. The lowest BCUT2D eigenvalue weighted by Gasteiger charge is -2.16. The molecule has 1 aromatic heterocycles. The molecule has 0 saturated heterocycles. The van der Waals surface area contributed by atoms with Gasteiger partial charge in [0.25, 0.3) is 5.91 Å². The number of aliphatic carboxylic acids is 1. The van der Waals surface area contributed by atoms with Crippen molar-refractivity contribution in [1.82, 2.24) is 4.98 Å². The lowest BCUT2D eigenvalue weighted by Crippen LogP contribution is -2.20. The van der Waals surface area contributed by atoms with Gasteiger partial charge in [-0.3, -0.25) is 14.9 Å². The number of fused-ring (bicyclic) bond motifs is 1. The zero-order chi connectivity index (χ0) is 16.2. The second-order valence-corrected chi connectivity index (χ2v) is 6.34. The Bertz CT molecular complexity index is 714. The van der Waals surface area contributed by atoms with Crippen LogP contribution in [0.5, 0.6) is 5.75 Å². The largest absolute Gasteiger partial charge is 0.484 e. The van der Waals surface area contributed by atoms with Gasteiger partial charge in [0.1, 0.15) is 11.7 Å². The number of thiazole rings is 1. The van der Waals surface area contributed by atoms with E-state index in [1.54, 1.807) is 12.1 Å². The number of carbonyl (C=O) groups excluding carboxylic acids is 1. The van der Waals surface area contributed by atoms with Crippen LogP contribution in [0, 0.1) is 0 Å². The van der Waals surface area contributed by atoms with Crippen LogP contribution < -0.4 is 10.1 Å². The summed E-state index contributed by atoms with van der Waals surface area (Å²) >= 11 is 1.34. The molecule has 0 spiro atoms. The minimum atomic E-state index is -0.860. The van der Waals surface area contributed by atoms with Crippen LogP contribution in [0.2, 0.25) is 0 Å². The summed E-state index contributed by atoms with van der Waals surface area (Å²) in [5.74, 6) is -1.12. The molecule has 23 heavy (non-hydrogen) atoms. The maximum absolute atomic E-state index is 11.9. The molecule has 1 atom stereocenters. The number of hydrogen-bond acceptors (Lipinski definition) is 5. The molecule has 2 N–H and O–H groups in total. The second-order valence-electron chi connectivity index (χ2n) is 5.26. The molecule has 0 radical (unpaired) electrons. The van der Waals surface area contributed by atoms with E-state index in [0.717, 1.165) is 17.7 Å². The normalized spacial score (nSPS) is 16.4. The number of benzene rings is 1. The maximum Gasteiger partial charge on any atom is 0.312 e. The van der Waals surface area contributed by atoms with Crippen molar-refractivity contribution in [3.8, 4) is 5.75 Å². The van der Waals surface area contributed by atoms with Crippen molar-refractivity contribution in [2.75, 3.05) is 11.9 Å². The molecule has 120 valence electrons. The summed E-state index contributed by atoms with van der Waals surface area (Å²) in [7, 11) is 0. The molecule has 0 fully saturated rings. The third-order valence-electron chi connectivity index (χ3n) is 3.61. The van der Waals surface area contributed by atoms with Gasteiger partial charge in [0.2, 0.25) is 0 Å². The zero-order valence-corrected chi connectivity index (χ0v) is 13.1. The molecule has 7 heteroatoms. The molecule has 0 saturated carbocycles. The maximum atomic E-state index is 11.9. The van der Waals surface area contributed by atoms with Crippen LogP contribution in [-0.2, 0) is 16.0 Å². The smallest absolute Gasteiger partial charge is 0.312 e. The number of aromatic nitrogens is 1. The van der Waals surface area contributed by atoms with Crippen molar-refractivity contribution in [2.45, 2.75) is 25.2 Å². The van der Waals surface area contributed by atoms with E-state index in [2.05, 4.69) is 10.3 Å². The van der Waals surface area contributed by atoms with Gasteiger partial charge in [-0.1, -0.05) is 18.2 Å². The number of para-hydroxylation sites is 1. The van der Waals surface area contributed by atoms with E-state index < -0.39 is 11.9 Å². The van der Waals surface area contributed by atoms with E-state index in [4.69, 9.17) is 4.74 Å². The summed E-state index contributed by atoms with van der Waals surface area (Å²) in [6, 6.07) is 9.06. The number of rotatable bonds is 5. The zero-order valence-electron chi connectivity index (χ0n) is 12.3. The number of carboxylic acids is 1. The lowest BCUT2D eigenvalue weighted by molar-refractivity contribution is -0.139. The van der Waals surface area contributed by atoms with E-state index in [0.29, 0.717) is 23.0 Å². The van der Waals surface area contributed by atoms with Crippen LogP contribution in [0.15, 0.2) is 30.3 Å². The highest BCUT2D eigenvalue weighted by molar-refractivity contribution is 7.15. The van der Waals surface area contributed by atoms with Gasteiger partial charge in [0.05, 0.1) is 5.69 Å².